The summed E-state index contributed by atoms with van der Waals surface area (Å²) in [6.07, 6.45) is 8.30. The molecule has 2 fully saturated rings. The van der Waals surface area contributed by atoms with Crippen molar-refractivity contribution in [2.45, 2.75) is 43.8 Å². The normalized spacial score (nSPS) is 27.0. The molecule has 2 aliphatic rings. The van der Waals surface area contributed by atoms with Crippen molar-refractivity contribution in [3.8, 4) is 0 Å². The first-order chi connectivity index (χ1) is 7.35. The van der Waals surface area contributed by atoms with E-state index in [0.717, 1.165) is 18.5 Å². The second-order valence-corrected chi connectivity index (χ2v) is 6.81. The van der Waals surface area contributed by atoms with Crippen molar-refractivity contribution in [2.75, 3.05) is 24.3 Å². The van der Waals surface area contributed by atoms with E-state index >= 15 is 0 Å². The zero-order chi connectivity index (χ0) is 10.6. The fourth-order valence-electron chi connectivity index (χ4n) is 2.58. The largest absolute Gasteiger partial charge is 0.381 e. The summed E-state index contributed by atoms with van der Waals surface area (Å²) in [5, 5.41) is 2.08. The predicted molar refractivity (Wildman–Crippen MR) is 71.0 cm³/mol. The van der Waals surface area contributed by atoms with Crippen molar-refractivity contribution in [3.05, 3.63) is 0 Å². The van der Waals surface area contributed by atoms with E-state index in [4.69, 9.17) is 4.74 Å². The minimum atomic E-state index is 0.628. The summed E-state index contributed by atoms with van der Waals surface area (Å²) in [5.74, 6) is 1.36. The Morgan fingerprint density at radius 2 is 1.87 bits per heavy atom. The Morgan fingerprint density at radius 1 is 1.20 bits per heavy atom. The van der Waals surface area contributed by atoms with Gasteiger partial charge in [-0.25, -0.2) is 0 Å². The zero-order valence-electron chi connectivity index (χ0n) is 9.34. The van der Waals surface area contributed by atoms with Gasteiger partial charge >= 0.3 is 0 Å². The Balaban J connectivity index is 1.75. The van der Waals surface area contributed by atoms with Crippen LogP contribution in [-0.4, -0.2) is 29.5 Å². The predicted octanol–water partition coefficient (Wildman–Crippen LogP) is 3.85. The van der Waals surface area contributed by atoms with Crippen LogP contribution in [0.25, 0.3) is 0 Å². The van der Waals surface area contributed by atoms with Gasteiger partial charge in [-0.15, -0.1) is 0 Å². The summed E-state index contributed by atoms with van der Waals surface area (Å²) in [6, 6.07) is 0. The van der Waals surface area contributed by atoms with Crippen LogP contribution >= 0.6 is 27.7 Å². The van der Waals surface area contributed by atoms with Gasteiger partial charge in [0.05, 0.1) is 0 Å². The summed E-state index contributed by atoms with van der Waals surface area (Å²) < 4.78 is 5.40. The minimum Gasteiger partial charge on any atom is -0.381 e. The lowest BCUT2D eigenvalue weighted by Crippen LogP contribution is -2.25. The van der Waals surface area contributed by atoms with E-state index in [-0.39, 0.29) is 0 Å². The average Bonchev–Trinajstić information content (AvgIpc) is 2.77. The Hall–Kier alpha value is 0.790. The van der Waals surface area contributed by atoms with Gasteiger partial charge in [-0.1, -0.05) is 28.8 Å². The summed E-state index contributed by atoms with van der Waals surface area (Å²) in [5.41, 5.74) is 0.628. The quantitative estimate of drug-likeness (QED) is 0.728. The van der Waals surface area contributed by atoms with Crippen LogP contribution in [-0.2, 0) is 4.74 Å². The van der Waals surface area contributed by atoms with Crippen LogP contribution in [0.15, 0.2) is 0 Å². The maximum Gasteiger partial charge on any atom is 0.0476 e. The van der Waals surface area contributed by atoms with Crippen molar-refractivity contribution >= 4 is 27.7 Å². The number of ether oxygens (including phenoxy) is 1. The molecule has 0 aromatic rings. The van der Waals surface area contributed by atoms with Crippen LogP contribution in [0.2, 0.25) is 0 Å². The lowest BCUT2D eigenvalue weighted by atomic mass is 9.92. The maximum atomic E-state index is 5.40. The average molecular weight is 293 g/mol. The molecule has 1 nitrogen and oxygen atoms in total. The third-order valence-electron chi connectivity index (χ3n) is 3.74. The van der Waals surface area contributed by atoms with Crippen LogP contribution in [0.4, 0.5) is 0 Å². The molecule has 1 aliphatic heterocycles. The molecule has 2 rings (SSSR count). The van der Waals surface area contributed by atoms with Gasteiger partial charge < -0.3 is 4.74 Å². The molecule has 0 amide bonds. The third kappa shape index (κ3) is 3.37. The highest BCUT2D eigenvalue weighted by atomic mass is 79.9. The van der Waals surface area contributed by atoms with E-state index in [0.29, 0.717) is 5.41 Å². The van der Waals surface area contributed by atoms with Crippen LogP contribution in [0.1, 0.15) is 38.5 Å². The van der Waals surface area contributed by atoms with Gasteiger partial charge in [-0.3, -0.25) is 0 Å². The third-order valence-corrected chi connectivity index (χ3v) is 6.65. The summed E-state index contributed by atoms with van der Waals surface area (Å²) >= 11 is 5.93. The first-order valence-corrected chi connectivity index (χ1v) is 8.27. The molecule has 88 valence electrons. The molecule has 0 aromatic carbocycles. The smallest absolute Gasteiger partial charge is 0.0476 e. The summed E-state index contributed by atoms with van der Waals surface area (Å²) in [7, 11) is 0. The number of hydrogen-bond acceptors (Lipinski definition) is 2. The van der Waals surface area contributed by atoms with Gasteiger partial charge in [0.1, 0.15) is 0 Å². The molecule has 0 bridgehead atoms. The second kappa shape index (κ2) is 5.92. The van der Waals surface area contributed by atoms with Crippen LogP contribution in [0, 0.1) is 5.41 Å². The van der Waals surface area contributed by atoms with Crippen LogP contribution < -0.4 is 0 Å². The molecule has 0 aromatic heterocycles. The number of alkyl halides is 1. The molecule has 15 heavy (non-hydrogen) atoms. The molecule has 1 saturated heterocycles. The van der Waals surface area contributed by atoms with Gasteiger partial charge in [-0.2, -0.15) is 11.8 Å². The van der Waals surface area contributed by atoms with E-state index in [1.807, 2.05) is 0 Å². The van der Waals surface area contributed by atoms with Gasteiger partial charge in [0.25, 0.3) is 0 Å². The Labute approximate surface area is 106 Å². The maximum absolute atomic E-state index is 5.40. The Morgan fingerprint density at radius 3 is 2.47 bits per heavy atom. The first-order valence-electron chi connectivity index (χ1n) is 6.10. The van der Waals surface area contributed by atoms with E-state index in [2.05, 4.69) is 27.7 Å². The number of thioether (sulfide) groups is 1. The molecule has 0 radical (unpaired) electrons. The highest BCUT2D eigenvalue weighted by molar-refractivity contribution is 9.09. The fourth-order valence-corrected chi connectivity index (χ4v) is 5.11. The van der Waals surface area contributed by atoms with Gasteiger partial charge in [0.15, 0.2) is 0 Å². The second-order valence-electron chi connectivity index (χ2n) is 4.96. The molecular weight excluding hydrogens is 272 g/mol. The molecule has 1 heterocycles. The molecule has 3 heteroatoms. The van der Waals surface area contributed by atoms with Crippen molar-refractivity contribution in [3.63, 3.8) is 0 Å². The van der Waals surface area contributed by atoms with Crippen molar-refractivity contribution in [1.82, 2.24) is 0 Å². The zero-order valence-corrected chi connectivity index (χ0v) is 11.7. The SMILES string of the molecule is BrCC1(CSC2CCOCC2)CCCC1. The molecule has 1 aliphatic carbocycles. The van der Waals surface area contributed by atoms with E-state index in [1.54, 1.807) is 0 Å². The molecular formula is C12H21BrOS. The van der Waals surface area contributed by atoms with Gasteiger partial charge in [0, 0.05) is 29.5 Å². The van der Waals surface area contributed by atoms with Crippen molar-refractivity contribution < 1.29 is 4.74 Å². The molecule has 1 saturated carbocycles. The highest BCUT2D eigenvalue weighted by Crippen LogP contribution is 2.43. The molecule has 0 atom stereocenters. The van der Waals surface area contributed by atoms with Gasteiger partial charge in [0.2, 0.25) is 0 Å². The minimum absolute atomic E-state index is 0.628. The van der Waals surface area contributed by atoms with E-state index in [1.165, 1.54) is 49.6 Å². The summed E-state index contributed by atoms with van der Waals surface area (Å²) in [4.78, 5) is 0. The molecule has 0 spiro atoms. The van der Waals surface area contributed by atoms with Crippen LogP contribution in [0.5, 0.6) is 0 Å². The number of rotatable bonds is 4. The number of hydrogen-bond donors (Lipinski definition) is 0. The highest BCUT2D eigenvalue weighted by Gasteiger charge is 2.33. The lowest BCUT2D eigenvalue weighted by Gasteiger charge is -2.29. The summed E-state index contributed by atoms with van der Waals surface area (Å²) in [6.45, 7) is 1.97. The number of halogens is 1. The Bertz CT molecular complexity index is 186. The standard InChI is InChI=1S/C12H21BrOS/c13-9-12(5-1-2-6-12)10-15-11-3-7-14-8-4-11/h11H,1-10H2. The van der Waals surface area contributed by atoms with E-state index in [9.17, 15) is 0 Å². The van der Waals surface area contributed by atoms with Gasteiger partial charge in [-0.05, 0) is 31.1 Å². The topological polar surface area (TPSA) is 9.23 Å². The van der Waals surface area contributed by atoms with Crippen LogP contribution in [0.3, 0.4) is 0 Å². The lowest BCUT2D eigenvalue weighted by molar-refractivity contribution is 0.0999. The van der Waals surface area contributed by atoms with Crippen molar-refractivity contribution in [1.29, 1.82) is 0 Å². The monoisotopic (exact) mass is 292 g/mol. The first kappa shape index (κ1) is 12.3. The van der Waals surface area contributed by atoms with E-state index < -0.39 is 0 Å². The molecule has 0 N–H and O–H groups in total. The molecule has 0 unspecified atom stereocenters. The van der Waals surface area contributed by atoms with Crippen molar-refractivity contribution in [2.24, 2.45) is 5.41 Å². The Kier molecular flexibility index (Phi) is 4.84. The fraction of sp³-hybridized carbons (Fsp3) is 1.00.